The summed E-state index contributed by atoms with van der Waals surface area (Å²) in [7, 11) is 0. The average molecular weight is 428 g/mol. The molecule has 0 saturated heterocycles. The van der Waals surface area contributed by atoms with Gasteiger partial charge in [-0.2, -0.15) is 0 Å². The molecule has 0 unspecified atom stereocenters. The second kappa shape index (κ2) is 6.94. The van der Waals surface area contributed by atoms with Crippen LogP contribution in [0.3, 0.4) is 0 Å². The maximum atomic E-state index is 12.7. The third kappa shape index (κ3) is 3.26. The van der Waals surface area contributed by atoms with Gasteiger partial charge in [0.15, 0.2) is 0 Å². The molecule has 0 aliphatic heterocycles. The Balaban J connectivity index is 2.67. The van der Waals surface area contributed by atoms with E-state index in [1.807, 2.05) is 12.1 Å². The Morgan fingerprint density at radius 1 is 1.00 bits per heavy atom. The van der Waals surface area contributed by atoms with Crippen molar-refractivity contribution in [1.82, 2.24) is 0 Å². The largest absolute Gasteiger partial charge is 0.460 e. The van der Waals surface area contributed by atoms with E-state index in [0.29, 0.717) is 20.1 Å². The van der Waals surface area contributed by atoms with E-state index in [0.717, 1.165) is 0 Å². The molecule has 0 fully saturated rings. The summed E-state index contributed by atoms with van der Waals surface area (Å²) < 4.78 is 6.57. The van der Waals surface area contributed by atoms with Crippen molar-refractivity contribution in [2.45, 2.75) is 25.6 Å². The van der Waals surface area contributed by atoms with Crippen LogP contribution in [0.5, 0.6) is 0 Å². The molecule has 0 bridgehead atoms. The third-order valence-electron chi connectivity index (χ3n) is 3.17. The molecule has 0 aromatic heterocycles. The number of benzene rings is 2. The van der Waals surface area contributed by atoms with Crippen molar-refractivity contribution in [1.29, 1.82) is 0 Å². The van der Waals surface area contributed by atoms with Crippen LogP contribution in [0.2, 0.25) is 0 Å². The van der Waals surface area contributed by atoms with Gasteiger partial charge >= 0.3 is 5.97 Å². The van der Waals surface area contributed by atoms with E-state index < -0.39 is 11.6 Å². The lowest BCUT2D eigenvalue weighted by Gasteiger charge is -2.29. The Bertz CT molecular complexity index is 638. The monoisotopic (exact) mass is 426 g/mol. The molecule has 0 amide bonds. The predicted molar refractivity (Wildman–Crippen MR) is 92.5 cm³/mol. The van der Waals surface area contributed by atoms with Crippen molar-refractivity contribution >= 4 is 37.8 Å². The smallest absolute Gasteiger partial charge is 0.348 e. The minimum Gasteiger partial charge on any atom is -0.460 e. The zero-order valence-corrected chi connectivity index (χ0v) is 15.4. The third-order valence-corrected chi connectivity index (χ3v) is 4.55. The van der Waals surface area contributed by atoms with Gasteiger partial charge in [0.25, 0.3) is 0 Å². The standard InChI is InChI=1S/C17H16Br2O3/c1-11(2)22-16(20)17(21,12-7-3-5-9-14(12)18)13-8-4-6-10-15(13)19/h3-11,21H,1-2H3. The van der Waals surface area contributed by atoms with Gasteiger partial charge in [-0.05, 0) is 26.0 Å². The van der Waals surface area contributed by atoms with E-state index in [4.69, 9.17) is 4.74 Å². The zero-order valence-electron chi connectivity index (χ0n) is 12.2. The van der Waals surface area contributed by atoms with E-state index in [9.17, 15) is 9.90 Å². The zero-order chi connectivity index (χ0) is 16.3. The molecule has 0 radical (unpaired) electrons. The number of halogens is 2. The van der Waals surface area contributed by atoms with Gasteiger partial charge in [-0.15, -0.1) is 0 Å². The molecule has 2 rings (SSSR count). The Labute approximate surface area is 146 Å². The fraction of sp³-hybridized carbons (Fsp3) is 0.235. The number of rotatable bonds is 4. The predicted octanol–water partition coefficient (Wildman–Crippen LogP) is 4.40. The molecule has 2 aromatic carbocycles. The molecule has 3 nitrogen and oxygen atoms in total. The molecule has 0 heterocycles. The molecule has 22 heavy (non-hydrogen) atoms. The summed E-state index contributed by atoms with van der Waals surface area (Å²) in [6.45, 7) is 3.50. The lowest BCUT2D eigenvalue weighted by atomic mass is 9.86. The highest BCUT2D eigenvalue weighted by molar-refractivity contribution is 9.10. The molecule has 5 heteroatoms. The maximum absolute atomic E-state index is 12.7. The summed E-state index contributed by atoms with van der Waals surface area (Å²) in [4.78, 5) is 12.7. The summed E-state index contributed by atoms with van der Waals surface area (Å²) in [6.07, 6.45) is -0.330. The molecule has 0 spiro atoms. The topological polar surface area (TPSA) is 46.5 Å². The van der Waals surface area contributed by atoms with Gasteiger partial charge in [0.2, 0.25) is 5.60 Å². The summed E-state index contributed by atoms with van der Waals surface area (Å²) in [6, 6.07) is 14.1. The molecule has 0 aliphatic carbocycles. The normalized spacial score (nSPS) is 11.5. The lowest BCUT2D eigenvalue weighted by Crippen LogP contribution is -2.40. The molecule has 116 valence electrons. The molecule has 0 saturated carbocycles. The minimum atomic E-state index is -1.90. The van der Waals surface area contributed by atoms with Crippen LogP contribution in [0.1, 0.15) is 25.0 Å². The van der Waals surface area contributed by atoms with E-state index in [1.165, 1.54) is 0 Å². The Morgan fingerprint density at radius 2 is 1.41 bits per heavy atom. The minimum absolute atomic E-state index is 0.330. The van der Waals surface area contributed by atoms with Crippen molar-refractivity contribution < 1.29 is 14.6 Å². The van der Waals surface area contributed by atoms with Gasteiger partial charge in [0.1, 0.15) is 0 Å². The number of ether oxygens (including phenoxy) is 1. The second-order valence-corrected chi connectivity index (χ2v) is 6.83. The average Bonchev–Trinajstić information content (AvgIpc) is 2.46. The first-order chi connectivity index (χ1) is 10.4. The van der Waals surface area contributed by atoms with Crippen LogP contribution < -0.4 is 0 Å². The maximum Gasteiger partial charge on any atom is 0.348 e. The second-order valence-electron chi connectivity index (χ2n) is 5.12. The summed E-state index contributed by atoms with van der Waals surface area (Å²) in [5.74, 6) is -0.707. The first-order valence-corrected chi connectivity index (χ1v) is 8.39. The van der Waals surface area contributed by atoms with Crippen LogP contribution in [-0.2, 0) is 15.1 Å². The number of aliphatic hydroxyl groups is 1. The SMILES string of the molecule is CC(C)OC(=O)C(O)(c1ccccc1Br)c1ccccc1Br. The highest BCUT2D eigenvalue weighted by Gasteiger charge is 2.44. The summed E-state index contributed by atoms with van der Waals surface area (Å²) in [5.41, 5.74) is -1.02. The van der Waals surface area contributed by atoms with Crippen LogP contribution >= 0.6 is 31.9 Å². The Hall–Kier alpha value is -1.17. The number of carbonyl (C=O) groups is 1. The van der Waals surface area contributed by atoms with Crippen molar-refractivity contribution in [2.75, 3.05) is 0 Å². The van der Waals surface area contributed by atoms with E-state index in [-0.39, 0.29) is 6.10 Å². The van der Waals surface area contributed by atoms with Crippen LogP contribution in [0.15, 0.2) is 57.5 Å². The Kier molecular flexibility index (Phi) is 5.42. The van der Waals surface area contributed by atoms with Crippen molar-refractivity contribution in [3.05, 3.63) is 68.6 Å². The number of carbonyl (C=O) groups excluding carboxylic acids is 1. The van der Waals surface area contributed by atoms with Gasteiger partial charge in [-0.25, -0.2) is 4.79 Å². The highest BCUT2D eigenvalue weighted by Crippen LogP contribution is 2.39. The van der Waals surface area contributed by atoms with Gasteiger partial charge < -0.3 is 9.84 Å². The highest BCUT2D eigenvalue weighted by atomic mass is 79.9. The van der Waals surface area contributed by atoms with Gasteiger partial charge in [0, 0.05) is 20.1 Å². The molecule has 2 aromatic rings. The Morgan fingerprint density at radius 3 is 1.77 bits per heavy atom. The van der Waals surface area contributed by atoms with Crippen molar-refractivity contribution in [3.8, 4) is 0 Å². The van der Waals surface area contributed by atoms with Crippen LogP contribution in [0.25, 0.3) is 0 Å². The fourth-order valence-electron chi connectivity index (χ4n) is 2.17. The van der Waals surface area contributed by atoms with E-state index in [1.54, 1.807) is 50.2 Å². The lowest BCUT2D eigenvalue weighted by molar-refractivity contribution is -0.166. The molecular formula is C17H16Br2O3. The molecular weight excluding hydrogens is 412 g/mol. The summed E-state index contributed by atoms with van der Waals surface area (Å²) in [5, 5.41) is 11.3. The first kappa shape index (κ1) is 17.2. The summed E-state index contributed by atoms with van der Waals surface area (Å²) >= 11 is 6.81. The van der Waals surface area contributed by atoms with E-state index in [2.05, 4.69) is 31.9 Å². The van der Waals surface area contributed by atoms with Gasteiger partial charge in [-0.1, -0.05) is 68.3 Å². The number of esters is 1. The van der Waals surface area contributed by atoms with Crippen LogP contribution in [-0.4, -0.2) is 17.2 Å². The van der Waals surface area contributed by atoms with Gasteiger partial charge in [-0.3, -0.25) is 0 Å². The molecule has 0 aliphatic rings. The number of hydrogen-bond donors (Lipinski definition) is 1. The van der Waals surface area contributed by atoms with Crippen LogP contribution in [0, 0.1) is 0 Å². The molecule has 1 N–H and O–H groups in total. The van der Waals surface area contributed by atoms with E-state index >= 15 is 0 Å². The molecule has 0 atom stereocenters. The van der Waals surface area contributed by atoms with Crippen molar-refractivity contribution in [2.24, 2.45) is 0 Å². The number of hydrogen-bond acceptors (Lipinski definition) is 3. The van der Waals surface area contributed by atoms with Crippen LogP contribution in [0.4, 0.5) is 0 Å². The first-order valence-electron chi connectivity index (χ1n) is 6.80. The fourth-order valence-corrected chi connectivity index (χ4v) is 3.32. The van der Waals surface area contributed by atoms with Crippen molar-refractivity contribution in [3.63, 3.8) is 0 Å². The van der Waals surface area contributed by atoms with Gasteiger partial charge in [0.05, 0.1) is 6.10 Å². The quantitative estimate of drug-likeness (QED) is 0.735.